The van der Waals surface area contributed by atoms with Crippen molar-refractivity contribution in [3.05, 3.63) is 11.1 Å². The Balaban J connectivity index is 2.77. The van der Waals surface area contributed by atoms with Gasteiger partial charge in [0.15, 0.2) is 0 Å². The molecule has 15 heavy (non-hydrogen) atoms. The number of aromatic nitrogens is 3. The van der Waals surface area contributed by atoms with E-state index in [1.165, 1.54) is 0 Å². The van der Waals surface area contributed by atoms with Crippen molar-refractivity contribution in [3.8, 4) is 6.07 Å². The summed E-state index contributed by atoms with van der Waals surface area (Å²) in [7, 11) is 0. The average molecular weight is 226 g/mol. The lowest BCUT2D eigenvalue weighted by Gasteiger charge is -2.10. The molecule has 0 aliphatic rings. The average Bonchev–Trinajstić information content (AvgIpc) is 2.17. The highest BCUT2D eigenvalue weighted by Gasteiger charge is 2.06. The largest absolute Gasteiger partial charge is 0.351 e. The molecule has 1 atom stereocenters. The fourth-order valence-electron chi connectivity index (χ4n) is 1.02. The van der Waals surface area contributed by atoms with E-state index in [-0.39, 0.29) is 11.3 Å². The SMILES string of the molecule is CCc1nc(Cl)nc(NC(C)CC#N)n1. The summed E-state index contributed by atoms with van der Waals surface area (Å²) in [6.07, 6.45) is 1.09. The molecule has 0 saturated heterocycles. The van der Waals surface area contributed by atoms with Gasteiger partial charge < -0.3 is 5.32 Å². The van der Waals surface area contributed by atoms with Crippen LogP contribution in [0.5, 0.6) is 0 Å². The molecule has 1 aromatic heterocycles. The molecule has 1 rings (SSSR count). The van der Waals surface area contributed by atoms with Gasteiger partial charge in [0.05, 0.1) is 12.5 Å². The van der Waals surface area contributed by atoms with Crippen molar-refractivity contribution < 1.29 is 0 Å². The van der Waals surface area contributed by atoms with Crippen LogP contribution in [0.3, 0.4) is 0 Å². The lowest BCUT2D eigenvalue weighted by Crippen LogP contribution is -2.17. The predicted molar refractivity (Wildman–Crippen MR) is 57.5 cm³/mol. The Morgan fingerprint density at radius 1 is 1.47 bits per heavy atom. The number of nitrogens with one attached hydrogen (secondary N) is 1. The van der Waals surface area contributed by atoms with Crippen LogP contribution in [0, 0.1) is 11.3 Å². The van der Waals surface area contributed by atoms with E-state index in [0.717, 1.165) is 0 Å². The summed E-state index contributed by atoms with van der Waals surface area (Å²) in [6.45, 7) is 3.82. The zero-order chi connectivity index (χ0) is 11.3. The van der Waals surface area contributed by atoms with Crippen molar-refractivity contribution in [1.82, 2.24) is 15.0 Å². The van der Waals surface area contributed by atoms with Gasteiger partial charge in [-0.25, -0.2) is 4.98 Å². The van der Waals surface area contributed by atoms with Crippen LogP contribution in [0.4, 0.5) is 5.95 Å². The normalized spacial score (nSPS) is 11.9. The first-order valence-corrected chi connectivity index (χ1v) is 5.07. The van der Waals surface area contributed by atoms with Gasteiger partial charge in [0.1, 0.15) is 5.82 Å². The lowest BCUT2D eigenvalue weighted by molar-refractivity contribution is 0.791. The lowest BCUT2D eigenvalue weighted by atomic mass is 10.3. The number of rotatable bonds is 4. The van der Waals surface area contributed by atoms with Gasteiger partial charge in [0.2, 0.25) is 11.2 Å². The summed E-state index contributed by atoms with van der Waals surface area (Å²) in [5.74, 6) is 1.07. The van der Waals surface area contributed by atoms with Gasteiger partial charge in [0.25, 0.3) is 0 Å². The first-order valence-electron chi connectivity index (χ1n) is 4.69. The second kappa shape index (κ2) is 5.47. The number of hydrogen-bond donors (Lipinski definition) is 1. The molecule has 0 aliphatic carbocycles. The molecule has 0 aliphatic heterocycles. The van der Waals surface area contributed by atoms with Gasteiger partial charge in [-0.05, 0) is 18.5 Å². The quantitative estimate of drug-likeness (QED) is 0.846. The number of hydrogen-bond acceptors (Lipinski definition) is 5. The molecular formula is C9H12ClN5. The highest BCUT2D eigenvalue weighted by atomic mass is 35.5. The van der Waals surface area contributed by atoms with Crippen LogP contribution in [0.2, 0.25) is 5.28 Å². The first-order chi connectivity index (χ1) is 7.15. The first kappa shape index (κ1) is 11.7. The van der Waals surface area contributed by atoms with Crippen LogP contribution >= 0.6 is 11.6 Å². The molecule has 0 amide bonds. The molecule has 1 unspecified atom stereocenters. The van der Waals surface area contributed by atoms with Gasteiger partial charge in [-0.2, -0.15) is 15.2 Å². The molecule has 0 bridgehead atoms. The molecule has 6 heteroatoms. The summed E-state index contributed by atoms with van der Waals surface area (Å²) < 4.78 is 0. The number of nitrogens with zero attached hydrogens (tertiary/aromatic N) is 4. The van der Waals surface area contributed by atoms with Gasteiger partial charge in [-0.3, -0.25) is 0 Å². The van der Waals surface area contributed by atoms with Gasteiger partial charge in [-0.15, -0.1) is 0 Å². The van der Waals surface area contributed by atoms with Crippen molar-refractivity contribution >= 4 is 17.5 Å². The van der Waals surface area contributed by atoms with Gasteiger partial charge >= 0.3 is 0 Å². The minimum absolute atomic E-state index is 0.00169. The Hall–Kier alpha value is -1.41. The maximum atomic E-state index is 8.50. The summed E-state index contributed by atoms with van der Waals surface area (Å²) in [5.41, 5.74) is 0. The van der Waals surface area contributed by atoms with Crippen LogP contribution in [0.15, 0.2) is 0 Å². The Bertz CT molecular complexity index is 373. The summed E-state index contributed by atoms with van der Waals surface area (Å²) in [6, 6.07) is 2.06. The molecule has 80 valence electrons. The van der Waals surface area contributed by atoms with E-state index in [9.17, 15) is 0 Å². The van der Waals surface area contributed by atoms with E-state index in [2.05, 4.69) is 26.3 Å². The molecular weight excluding hydrogens is 214 g/mol. The zero-order valence-electron chi connectivity index (χ0n) is 8.66. The van der Waals surface area contributed by atoms with E-state index >= 15 is 0 Å². The third-order valence-corrected chi connectivity index (χ3v) is 1.91. The molecule has 1 N–H and O–H groups in total. The van der Waals surface area contributed by atoms with E-state index in [1.54, 1.807) is 0 Å². The van der Waals surface area contributed by atoms with Crippen LogP contribution in [-0.4, -0.2) is 21.0 Å². The Morgan fingerprint density at radius 2 is 2.20 bits per heavy atom. The van der Waals surface area contributed by atoms with Crippen LogP contribution in [0.25, 0.3) is 0 Å². The number of halogens is 1. The molecule has 0 spiro atoms. The van der Waals surface area contributed by atoms with Crippen LogP contribution in [-0.2, 0) is 6.42 Å². The van der Waals surface area contributed by atoms with Crippen LogP contribution in [0.1, 0.15) is 26.1 Å². The standard InChI is InChI=1S/C9H12ClN5/c1-3-7-13-8(10)15-9(14-7)12-6(2)4-5-11/h6H,3-4H2,1-2H3,(H,12,13,14,15). The van der Waals surface area contributed by atoms with Crippen molar-refractivity contribution in [3.63, 3.8) is 0 Å². The summed E-state index contributed by atoms with van der Waals surface area (Å²) in [4.78, 5) is 12.0. The Kier molecular flexibility index (Phi) is 4.25. The van der Waals surface area contributed by atoms with Crippen molar-refractivity contribution in [2.24, 2.45) is 0 Å². The number of nitriles is 1. The summed E-state index contributed by atoms with van der Waals surface area (Å²) >= 11 is 5.72. The monoisotopic (exact) mass is 225 g/mol. The minimum atomic E-state index is -0.00169. The van der Waals surface area contributed by atoms with Crippen molar-refractivity contribution in [1.29, 1.82) is 5.26 Å². The maximum Gasteiger partial charge on any atom is 0.227 e. The minimum Gasteiger partial charge on any atom is -0.351 e. The molecule has 0 aromatic carbocycles. The molecule has 1 aromatic rings. The highest BCUT2D eigenvalue weighted by molar-refractivity contribution is 6.28. The third kappa shape index (κ3) is 3.68. The number of anilines is 1. The second-order valence-corrected chi connectivity index (χ2v) is 3.44. The van der Waals surface area contributed by atoms with Crippen molar-refractivity contribution in [2.45, 2.75) is 32.7 Å². The molecule has 1 heterocycles. The molecule has 5 nitrogen and oxygen atoms in total. The molecule has 0 fully saturated rings. The fourth-order valence-corrected chi connectivity index (χ4v) is 1.20. The zero-order valence-corrected chi connectivity index (χ0v) is 9.41. The Morgan fingerprint density at radius 3 is 2.80 bits per heavy atom. The predicted octanol–water partition coefficient (Wildman–Crippen LogP) is 1.80. The summed E-state index contributed by atoms with van der Waals surface area (Å²) in [5, 5.41) is 11.7. The van der Waals surface area contributed by atoms with Crippen LogP contribution < -0.4 is 5.32 Å². The third-order valence-electron chi connectivity index (χ3n) is 1.74. The van der Waals surface area contributed by atoms with Gasteiger partial charge in [-0.1, -0.05) is 6.92 Å². The van der Waals surface area contributed by atoms with E-state index in [0.29, 0.717) is 24.6 Å². The van der Waals surface area contributed by atoms with Gasteiger partial charge in [0, 0.05) is 12.5 Å². The van der Waals surface area contributed by atoms with Crippen molar-refractivity contribution in [2.75, 3.05) is 5.32 Å². The van der Waals surface area contributed by atoms with E-state index in [1.807, 2.05) is 13.8 Å². The Labute approximate surface area is 93.5 Å². The fraction of sp³-hybridized carbons (Fsp3) is 0.556. The molecule has 0 radical (unpaired) electrons. The maximum absolute atomic E-state index is 8.50. The smallest absolute Gasteiger partial charge is 0.227 e. The van der Waals surface area contributed by atoms with E-state index in [4.69, 9.17) is 16.9 Å². The van der Waals surface area contributed by atoms with E-state index < -0.39 is 0 Å². The second-order valence-electron chi connectivity index (χ2n) is 3.11. The highest BCUT2D eigenvalue weighted by Crippen LogP contribution is 2.08. The topological polar surface area (TPSA) is 74.5 Å². The number of aryl methyl sites for hydroxylation is 1. The molecule has 0 saturated carbocycles.